The van der Waals surface area contributed by atoms with Gasteiger partial charge in [0, 0.05) is 24.0 Å². The fraction of sp³-hybridized carbons (Fsp3) is 0.444. The zero-order valence-electron chi connectivity index (χ0n) is 14.5. The molecule has 1 aromatic heterocycles. The van der Waals surface area contributed by atoms with Crippen LogP contribution in [-0.2, 0) is 11.3 Å². The number of carbonyl (C=O) groups excluding carboxylic acids is 1. The number of nitrogens with one attached hydrogen (secondary N) is 1. The molecule has 0 aliphatic carbocycles. The van der Waals surface area contributed by atoms with Gasteiger partial charge in [0.05, 0.1) is 12.1 Å². The highest BCUT2D eigenvalue weighted by molar-refractivity contribution is 7.07. The molecule has 0 bridgehead atoms. The minimum Gasteiger partial charge on any atom is -0.491 e. The Morgan fingerprint density at radius 2 is 1.92 bits per heavy atom. The zero-order valence-corrected chi connectivity index (χ0v) is 15.4. The van der Waals surface area contributed by atoms with Crippen LogP contribution in [0.3, 0.4) is 0 Å². The van der Waals surface area contributed by atoms with Gasteiger partial charge in [0.25, 0.3) is 0 Å². The molecule has 1 aromatic carbocycles. The van der Waals surface area contributed by atoms with E-state index in [1.165, 1.54) is 0 Å². The predicted octanol–water partition coefficient (Wildman–Crippen LogP) is 3.27. The molecule has 1 atom stereocenters. The molecule has 0 saturated heterocycles. The van der Waals surface area contributed by atoms with Crippen molar-refractivity contribution in [3.8, 4) is 5.75 Å². The summed E-state index contributed by atoms with van der Waals surface area (Å²) < 4.78 is 7.25. The van der Waals surface area contributed by atoms with Crippen molar-refractivity contribution in [3.05, 3.63) is 50.6 Å². The largest absolute Gasteiger partial charge is 0.491 e. The maximum absolute atomic E-state index is 12.1. The zero-order chi connectivity index (χ0) is 17.7. The van der Waals surface area contributed by atoms with E-state index in [9.17, 15) is 9.59 Å². The van der Waals surface area contributed by atoms with Crippen LogP contribution in [0.5, 0.6) is 5.75 Å². The van der Waals surface area contributed by atoms with E-state index in [4.69, 9.17) is 4.74 Å². The first kappa shape index (κ1) is 18.3. The van der Waals surface area contributed by atoms with Crippen molar-refractivity contribution >= 4 is 17.2 Å². The Kier molecular flexibility index (Phi) is 6.20. The van der Waals surface area contributed by atoms with Crippen molar-refractivity contribution in [2.24, 2.45) is 0 Å². The van der Waals surface area contributed by atoms with E-state index in [0.29, 0.717) is 6.54 Å². The fourth-order valence-corrected chi connectivity index (χ4v) is 3.15. The van der Waals surface area contributed by atoms with Crippen molar-refractivity contribution in [1.29, 1.82) is 0 Å². The van der Waals surface area contributed by atoms with Gasteiger partial charge in [-0.05, 0) is 45.4 Å². The van der Waals surface area contributed by atoms with E-state index < -0.39 is 0 Å². The second-order valence-electron chi connectivity index (χ2n) is 6.07. The topological polar surface area (TPSA) is 60.3 Å². The van der Waals surface area contributed by atoms with Gasteiger partial charge >= 0.3 is 4.87 Å². The maximum atomic E-state index is 12.1. The molecule has 5 nitrogen and oxygen atoms in total. The lowest BCUT2D eigenvalue weighted by Gasteiger charge is -2.16. The van der Waals surface area contributed by atoms with Crippen LogP contribution in [0.4, 0.5) is 0 Å². The first-order chi connectivity index (χ1) is 11.4. The lowest BCUT2D eigenvalue weighted by molar-refractivity contribution is -0.121. The van der Waals surface area contributed by atoms with Crippen LogP contribution < -0.4 is 14.9 Å². The second kappa shape index (κ2) is 8.15. The quantitative estimate of drug-likeness (QED) is 0.835. The highest BCUT2D eigenvalue weighted by Gasteiger charge is 2.11. The number of aryl methyl sites for hydroxylation is 1. The molecule has 1 amide bonds. The molecule has 1 heterocycles. The van der Waals surface area contributed by atoms with E-state index in [0.717, 1.165) is 28.3 Å². The number of amides is 1. The van der Waals surface area contributed by atoms with Gasteiger partial charge in [-0.25, -0.2) is 0 Å². The third kappa shape index (κ3) is 4.96. The number of benzene rings is 1. The molecule has 0 fully saturated rings. The fourth-order valence-electron chi connectivity index (χ4n) is 2.39. The summed E-state index contributed by atoms with van der Waals surface area (Å²) in [6.07, 6.45) is 0.424. The van der Waals surface area contributed by atoms with Crippen LogP contribution in [-0.4, -0.2) is 16.6 Å². The maximum Gasteiger partial charge on any atom is 0.307 e. The normalized spacial score (nSPS) is 12.2. The standard InChI is InChI=1S/C18H24N2O3S/c1-12(2)23-16-7-5-15(6-8-16)14(4)19-17(21)9-10-20-13(3)11-24-18(20)22/h5-8,11-12,14H,9-10H2,1-4H3,(H,19,21)/t14-/m1/s1. The minimum atomic E-state index is -0.0918. The molecule has 0 aliphatic rings. The Balaban J connectivity index is 1.88. The Morgan fingerprint density at radius 3 is 2.46 bits per heavy atom. The minimum absolute atomic E-state index is 0.0194. The van der Waals surface area contributed by atoms with Gasteiger partial charge in [-0.2, -0.15) is 0 Å². The van der Waals surface area contributed by atoms with Gasteiger partial charge in [-0.3, -0.25) is 9.59 Å². The van der Waals surface area contributed by atoms with Crippen molar-refractivity contribution in [1.82, 2.24) is 9.88 Å². The predicted molar refractivity (Wildman–Crippen MR) is 96.7 cm³/mol. The Labute approximate surface area is 146 Å². The van der Waals surface area contributed by atoms with Crippen LogP contribution in [0.2, 0.25) is 0 Å². The molecule has 2 rings (SSSR count). The van der Waals surface area contributed by atoms with Gasteiger partial charge < -0.3 is 14.6 Å². The third-order valence-corrected chi connectivity index (χ3v) is 4.55. The van der Waals surface area contributed by atoms with Crippen molar-refractivity contribution in [3.63, 3.8) is 0 Å². The Bertz CT molecular complexity index is 731. The van der Waals surface area contributed by atoms with Gasteiger partial charge in [0.1, 0.15) is 5.75 Å². The molecule has 2 aromatic rings. The lowest BCUT2D eigenvalue weighted by Crippen LogP contribution is -2.28. The van der Waals surface area contributed by atoms with Gasteiger partial charge in [0.15, 0.2) is 0 Å². The Hall–Kier alpha value is -2.08. The summed E-state index contributed by atoms with van der Waals surface area (Å²) in [4.78, 5) is 23.7. The highest BCUT2D eigenvalue weighted by Crippen LogP contribution is 2.18. The van der Waals surface area contributed by atoms with E-state index in [1.807, 2.05) is 57.3 Å². The Morgan fingerprint density at radius 1 is 1.25 bits per heavy atom. The van der Waals surface area contributed by atoms with Crippen molar-refractivity contribution in [2.45, 2.75) is 52.8 Å². The van der Waals surface area contributed by atoms with Crippen molar-refractivity contribution in [2.75, 3.05) is 0 Å². The SMILES string of the molecule is Cc1csc(=O)n1CCC(=O)N[C@H](C)c1ccc(OC(C)C)cc1. The number of aromatic nitrogens is 1. The number of rotatable bonds is 7. The molecule has 6 heteroatoms. The number of hydrogen-bond donors (Lipinski definition) is 1. The van der Waals surface area contributed by atoms with E-state index in [2.05, 4.69) is 5.32 Å². The molecule has 0 aliphatic heterocycles. The summed E-state index contributed by atoms with van der Waals surface area (Å²) in [5.74, 6) is 0.752. The molecule has 130 valence electrons. The van der Waals surface area contributed by atoms with Crippen LogP contribution in [0.15, 0.2) is 34.4 Å². The summed E-state index contributed by atoms with van der Waals surface area (Å²) in [7, 11) is 0. The molecule has 1 N–H and O–H groups in total. The molecular formula is C18H24N2O3S. The van der Waals surface area contributed by atoms with Crippen LogP contribution in [0.1, 0.15) is 44.5 Å². The highest BCUT2D eigenvalue weighted by atomic mass is 32.1. The lowest BCUT2D eigenvalue weighted by atomic mass is 10.1. The molecule has 0 saturated carbocycles. The monoisotopic (exact) mass is 348 g/mol. The van der Waals surface area contributed by atoms with E-state index in [1.54, 1.807) is 4.57 Å². The number of nitrogens with zero attached hydrogens (tertiary/aromatic N) is 1. The summed E-state index contributed by atoms with van der Waals surface area (Å²) in [6, 6.07) is 7.64. The summed E-state index contributed by atoms with van der Waals surface area (Å²) in [6.45, 7) is 8.19. The average molecular weight is 348 g/mol. The molecule has 0 spiro atoms. The smallest absolute Gasteiger partial charge is 0.307 e. The third-order valence-electron chi connectivity index (χ3n) is 3.67. The van der Waals surface area contributed by atoms with Crippen LogP contribution >= 0.6 is 11.3 Å². The number of thiazole rings is 1. The summed E-state index contributed by atoms with van der Waals surface area (Å²) in [5, 5.41) is 4.78. The number of ether oxygens (including phenoxy) is 1. The molecule has 24 heavy (non-hydrogen) atoms. The first-order valence-corrected chi connectivity index (χ1v) is 8.95. The number of hydrogen-bond acceptors (Lipinski definition) is 4. The number of carbonyl (C=O) groups is 1. The second-order valence-corrected chi connectivity index (χ2v) is 6.89. The summed E-state index contributed by atoms with van der Waals surface area (Å²) >= 11 is 1.16. The van der Waals surface area contributed by atoms with E-state index >= 15 is 0 Å². The van der Waals surface area contributed by atoms with Gasteiger partial charge in [-0.15, -0.1) is 0 Å². The summed E-state index contributed by atoms with van der Waals surface area (Å²) in [5.41, 5.74) is 1.91. The first-order valence-electron chi connectivity index (χ1n) is 8.07. The molecule has 0 unspecified atom stereocenters. The van der Waals surface area contributed by atoms with Gasteiger partial charge in [-0.1, -0.05) is 23.5 Å². The van der Waals surface area contributed by atoms with Gasteiger partial charge in [0.2, 0.25) is 5.91 Å². The van der Waals surface area contributed by atoms with Crippen LogP contribution in [0, 0.1) is 6.92 Å². The molecule has 0 radical (unpaired) electrons. The van der Waals surface area contributed by atoms with Crippen LogP contribution in [0.25, 0.3) is 0 Å². The molecular weight excluding hydrogens is 324 g/mol. The van der Waals surface area contributed by atoms with E-state index in [-0.39, 0.29) is 29.3 Å². The van der Waals surface area contributed by atoms with Crippen molar-refractivity contribution < 1.29 is 9.53 Å². The average Bonchev–Trinajstić information content (AvgIpc) is 2.84.